The number of nitrogens with zero attached hydrogens (tertiary/aromatic N) is 4. The topological polar surface area (TPSA) is 75.6 Å². The second kappa shape index (κ2) is 5.61. The molecule has 3 aromatic heterocycles. The van der Waals surface area contributed by atoms with Gasteiger partial charge in [0.25, 0.3) is 0 Å². The summed E-state index contributed by atoms with van der Waals surface area (Å²) in [6.07, 6.45) is 1.77. The molecule has 7 heteroatoms. The van der Waals surface area contributed by atoms with Gasteiger partial charge in [-0.05, 0) is 26.0 Å². The molecule has 0 saturated carbocycles. The summed E-state index contributed by atoms with van der Waals surface area (Å²) >= 11 is 1.66. The normalized spacial score (nSPS) is 10.8. The van der Waals surface area contributed by atoms with E-state index in [1.165, 1.54) is 4.88 Å². The van der Waals surface area contributed by atoms with Gasteiger partial charge in [0.05, 0.1) is 17.6 Å². The van der Waals surface area contributed by atoms with Crippen molar-refractivity contribution in [2.24, 2.45) is 0 Å². The van der Waals surface area contributed by atoms with Crippen molar-refractivity contribution >= 4 is 33.3 Å². The summed E-state index contributed by atoms with van der Waals surface area (Å²) in [6, 6.07) is 4.00. The third-order valence-electron chi connectivity index (χ3n) is 3.01. The zero-order valence-corrected chi connectivity index (χ0v) is 13.0. The van der Waals surface area contributed by atoms with E-state index in [4.69, 9.17) is 0 Å². The van der Waals surface area contributed by atoms with Crippen LogP contribution in [0, 0.1) is 13.8 Å². The molecule has 0 aliphatic carbocycles. The van der Waals surface area contributed by atoms with Crippen LogP contribution >= 0.6 is 11.3 Å². The Morgan fingerprint density at radius 2 is 2.05 bits per heavy atom. The molecule has 0 amide bonds. The number of aryl methyl sites for hydroxylation is 2. The fraction of sp³-hybridized carbons (Fsp3) is 0.286. The largest absolute Gasteiger partial charge is 0.364 e. The van der Waals surface area contributed by atoms with Gasteiger partial charge in [0.2, 0.25) is 5.95 Å². The highest BCUT2D eigenvalue weighted by atomic mass is 32.1. The van der Waals surface area contributed by atoms with Crippen LogP contribution in [-0.4, -0.2) is 27.0 Å². The summed E-state index contributed by atoms with van der Waals surface area (Å²) in [5.41, 5.74) is 0.937. The molecule has 0 spiro atoms. The van der Waals surface area contributed by atoms with Crippen molar-refractivity contribution in [3.63, 3.8) is 0 Å². The quantitative estimate of drug-likeness (QED) is 0.771. The molecule has 0 unspecified atom stereocenters. The second-order valence-corrected chi connectivity index (χ2v) is 5.91. The Morgan fingerprint density at radius 3 is 2.81 bits per heavy atom. The Hall–Kier alpha value is -2.28. The zero-order chi connectivity index (χ0) is 14.8. The van der Waals surface area contributed by atoms with Gasteiger partial charge in [0.15, 0.2) is 0 Å². The van der Waals surface area contributed by atoms with E-state index in [9.17, 15) is 0 Å². The van der Waals surface area contributed by atoms with Gasteiger partial charge >= 0.3 is 0 Å². The molecule has 0 radical (unpaired) electrons. The second-order valence-electron chi connectivity index (χ2n) is 4.67. The summed E-state index contributed by atoms with van der Waals surface area (Å²) in [7, 11) is 1.82. The SMILES string of the molecule is CNc1nc(NCc2ccnc(C)n2)c2cc(C)sc2n1. The van der Waals surface area contributed by atoms with E-state index in [1.807, 2.05) is 20.0 Å². The molecule has 0 fully saturated rings. The summed E-state index contributed by atoms with van der Waals surface area (Å²) < 4.78 is 0. The molecular formula is C14H16N6S. The van der Waals surface area contributed by atoms with E-state index in [-0.39, 0.29) is 0 Å². The molecule has 3 rings (SSSR count). The third-order valence-corrected chi connectivity index (χ3v) is 3.95. The Morgan fingerprint density at radius 1 is 1.19 bits per heavy atom. The molecule has 108 valence electrons. The Balaban J connectivity index is 1.92. The van der Waals surface area contributed by atoms with E-state index in [0.29, 0.717) is 12.5 Å². The van der Waals surface area contributed by atoms with Crippen molar-refractivity contribution in [3.05, 3.63) is 34.7 Å². The standard InChI is InChI=1S/C14H16N6S/c1-8-6-11-12(19-14(15-3)20-13(11)21-8)17-7-10-4-5-16-9(2)18-10/h4-6H,7H2,1-3H3,(H2,15,17,19,20). The van der Waals surface area contributed by atoms with Gasteiger partial charge < -0.3 is 10.6 Å². The van der Waals surface area contributed by atoms with Crippen molar-refractivity contribution in [2.45, 2.75) is 20.4 Å². The Bertz CT molecular complexity index is 782. The molecule has 0 aliphatic heterocycles. The van der Waals surface area contributed by atoms with Crippen molar-refractivity contribution in [1.82, 2.24) is 19.9 Å². The molecule has 0 saturated heterocycles. The highest BCUT2D eigenvalue weighted by molar-refractivity contribution is 7.18. The van der Waals surface area contributed by atoms with Crippen LogP contribution in [0.5, 0.6) is 0 Å². The molecule has 2 N–H and O–H groups in total. The molecule has 0 aliphatic rings. The van der Waals surface area contributed by atoms with Crippen LogP contribution in [0.2, 0.25) is 0 Å². The van der Waals surface area contributed by atoms with E-state index in [0.717, 1.165) is 27.6 Å². The van der Waals surface area contributed by atoms with Gasteiger partial charge in [-0.1, -0.05) is 0 Å². The highest BCUT2D eigenvalue weighted by Gasteiger charge is 2.10. The summed E-state index contributed by atoms with van der Waals surface area (Å²) in [6.45, 7) is 4.56. The lowest BCUT2D eigenvalue weighted by molar-refractivity contribution is 0.950. The number of nitrogens with one attached hydrogen (secondary N) is 2. The number of aromatic nitrogens is 4. The first-order valence-corrected chi connectivity index (χ1v) is 7.45. The van der Waals surface area contributed by atoms with Gasteiger partial charge in [0, 0.05) is 18.1 Å². The van der Waals surface area contributed by atoms with Crippen LogP contribution in [0.4, 0.5) is 11.8 Å². The van der Waals surface area contributed by atoms with Crippen LogP contribution in [0.25, 0.3) is 10.2 Å². The van der Waals surface area contributed by atoms with E-state index in [2.05, 4.69) is 43.6 Å². The maximum Gasteiger partial charge on any atom is 0.225 e. The van der Waals surface area contributed by atoms with Crippen molar-refractivity contribution in [3.8, 4) is 0 Å². The van der Waals surface area contributed by atoms with Gasteiger partial charge in [-0.2, -0.15) is 4.98 Å². The maximum atomic E-state index is 4.50. The van der Waals surface area contributed by atoms with E-state index >= 15 is 0 Å². The number of anilines is 2. The van der Waals surface area contributed by atoms with E-state index in [1.54, 1.807) is 17.5 Å². The number of fused-ring (bicyclic) bond motifs is 1. The Labute approximate surface area is 126 Å². The summed E-state index contributed by atoms with van der Waals surface area (Å²) in [5, 5.41) is 7.38. The molecule has 0 atom stereocenters. The minimum Gasteiger partial charge on any atom is -0.364 e. The average Bonchev–Trinajstić information content (AvgIpc) is 2.85. The lowest BCUT2D eigenvalue weighted by Crippen LogP contribution is -2.06. The molecular weight excluding hydrogens is 284 g/mol. The minimum atomic E-state index is 0.605. The van der Waals surface area contributed by atoms with Crippen LogP contribution in [-0.2, 0) is 6.54 Å². The Kier molecular flexibility index (Phi) is 3.66. The minimum absolute atomic E-state index is 0.605. The van der Waals surface area contributed by atoms with Crippen molar-refractivity contribution < 1.29 is 0 Å². The van der Waals surface area contributed by atoms with Crippen LogP contribution in [0.3, 0.4) is 0 Å². The zero-order valence-electron chi connectivity index (χ0n) is 12.1. The molecule has 21 heavy (non-hydrogen) atoms. The third kappa shape index (κ3) is 2.92. The fourth-order valence-electron chi connectivity index (χ4n) is 2.07. The first kappa shape index (κ1) is 13.7. The number of rotatable bonds is 4. The van der Waals surface area contributed by atoms with Gasteiger partial charge in [-0.25, -0.2) is 15.0 Å². The van der Waals surface area contributed by atoms with Crippen molar-refractivity contribution in [2.75, 3.05) is 17.7 Å². The first-order chi connectivity index (χ1) is 10.2. The molecule has 3 heterocycles. The molecule has 0 aromatic carbocycles. The summed E-state index contributed by atoms with van der Waals surface area (Å²) in [4.78, 5) is 19.7. The number of thiophene rings is 1. The lowest BCUT2D eigenvalue weighted by atomic mass is 10.3. The number of hydrogen-bond acceptors (Lipinski definition) is 7. The first-order valence-electron chi connectivity index (χ1n) is 6.64. The van der Waals surface area contributed by atoms with Gasteiger partial charge in [-0.3, -0.25) is 0 Å². The number of hydrogen-bond donors (Lipinski definition) is 2. The van der Waals surface area contributed by atoms with Crippen LogP contribution in [0.15, 0.2) is 18.3 Å². The smallest absolute Gasteiger partial charge is 0.225 e. The average molecular weight is 300 g/mol. The predicted molar refractivity (Wildman–Crippen MR) is 85.8 cm³/mol. The fourth-order valence-corrected chi connectivity index (χ4v) is 2.95. The lowest BCUT2D eigenvalue weighted by Gasteiger charge is -2.08. The molecule has 6 nitrogen and oxygen atoms in total. The van der Waals surface area contributed by atoms with Crippen LogP contribution in [0.1, 0.15) is 16.4 Å². The van der Waals surface area contributed by atoms with Crippen LogP contribution < -0.4 is 10.6 Å². The highest BCUT2D eigenvalue weighted by Crippen LogP contribution is 2.29. The van der Waals surface area contributed by atoms with E-state index < -0.39 is 0 Å². The molecule has 0 bridgehead atoms. The monoisotopic (exact) mass is 300 g/mol. The molecule has 3 aromatic rings. The van der Waals surface area contributed by atoms with Gasteiger partial charge in [0.1, 0.15) is 16.5 Å². The summed E-state index contributed by atoms with van der Waals surface area (Å²) in [5.74, 6) is 2.21. The predicted octanol–water partition coefficient (Wildman–Crippen LogP) is 2.75. The maximum absolute atomic E-state index is 4.50. The van der Waals surface area contributed by atoms with Gasteiger partial charge in [-0.15, -0.1) is 11.3 Å². The van der Waals surface area contributed by atoms with Crippen molar-refractivity contribution in [1.29, 1.82) is 0 Å².